The number of carbonyl (C=O) groups excluding carboxylic acids is 2. The maximum atomic E-state index is 12.5. The third kappa shape index (κ3) is 3.34. The first-order valence-electron chi connectivity index (χ1n) is 8.55. The average molecular weight is 323 g/mol. The highest BCUT2D eigenvalue weighted by atomic mass is 16.4. The zero-order valence-corrected chi connectivity index (χ0v) is 13.3. The highest BCUT2D eigenvalue weighted by Crippen LogP contribution is 2.48. The fourth-order valence-electron chi connectivity index (χ4n) is 4.43. The summed E-state index contributed by atoms with van der Waals surface area (Å²) in [5.74, 6) is -1.11. The molecule has 0 spiro atoms. The van der Waals surface area contributed by atoms with Gasteiger partial charge < -0.3 is 21.1 Å². The van der Waals surface area contributed by atoms with E-state index in [0.717, 1.165) is 51.5 Å². The van der Waals surface area contributed by atoms with E-state index in [0.29, 0.717) is 5.92 Å². The van der Waals surface area contributed by atoms with Crippen LogP contribution in [0.4, 0.5) is 0 Å². The van der Waals surface area contributed by atoms with Crippen LogP contribution >= 0.6 is 0 Å². The van der Waals surface area contributed by atoms with Crippen molar-refractivity contribution in [2.45, 2.75) is 56.5 Å². The molecule has 0 aromatic rings. The van der Waals surface area contributed by atoms with E-state index >= 15 is 0 Å². The molecular weight excluding hydrogens is 298 g/mol. The molecule has 4 N–H and O–H groups in total. The first kappa shape index (κ1) is 16.2. The molecule has 1 heterocycles. The maximum Gasteiger partial charge on any atom is 0.322 e. The van der Waals surface area contributed by atoms with Crippen molar-refractivity contribution in [3.05, 3.63) is 0 Å². The number of amides is 2. The number of fused-ring (bicyclic) bond motifs is 3. The first-order chi connectivity index (χ1) is 11.0. The van der Waals surface area contributed by atoms with E-state index in [1.807, 2.05) is 0 Å². The monoisotopic (exact) mass is 323 g/mol. The maximum absolute atomic E-state index is 12.5. The molecule has 4 fully saturated rings. The predicted octanol–water partition coefficient (Wildman–Crippen LogP) is 0.00430. The van der Waals surface area contributed by atoms with Crippen molar-refractivity contribution in [2.24, 2.45) is 11.8 Å². The largest absolute Gasteiger partial charge is 0.480 e. The number of hydrogen-bond donors (Lipinski definition) is 4. The predicted molar refractivity (Wildman–Crippen MR) is 82.6 cm³/mol. The summed E-state index contributed by atoms with van der Waals surface area (Å²) in [7, 11) is 0. The number of carboxylic acids is 1. The van der Waals surface area contributed by atoms with Crippen molar-refractivity contribution in [1.29, 1.82) is 0 Å². The van der Waals surface area contributed by atoms with E-state index in [2.05, 4.69) is 16.0 Å². The van der Waals surface area contributed by atoms with E-state index in [4.69, 9.17) is 5.11 Å². The Hall–Kier alpha value is -1.63. The summed E-state index contributed by atoms with van der Waals surface area (Å²) in [6.07, 6.45) is 6.24. The van der Waals surface area contributed by atoms with Gasteiger partial charge in [-0.25, -0.2) is 0 Å². The minimum atomic E-state index is -1.05. The van der Waals surface area contributed by atoms with Crippen LogP contribution in [0.25, 0.3) is 0 Å². The van der Waals surface area contributed by atoms with Crippen molar-refractivity contribution >= 4 is 17.8 Å². The van der Waals surface area contributed by atoms with Crippen LogP contribution in [-0.2, 0) is 14.4 Å². The molecule has 0 unspecified atom stereocenters. The molecule has 1 saturated heterocycles. The van der Waals surface area contributed by atoms with Gasteiger partial charge in [0.2, 0.25) is 11.8 Å². The van der Waals surface area contributed by atoms with Crippen LogP contribution in [0.3, 0.4) is 0 Å². The Kier molecular flexibility index (Phi) is 4.57. The third-order valence-electron chi connectivity index (χ3n) is 5.71. The molecule has 128 valence electrons. The summed E-state index contributed by atoms with van der Waals surface area (Å²) in [6.45, 7) is 0.490. The van der Waals surface area contributed by atoms with Crippen LogP contribution in [0.15, 0.2) is 0 Å². The zero-order chi connectivity index (χ0) is 16.4. The van der Waals surface area contributed by atoms with Crippen LogP contribution in [-0.4, -0.2) is 47.6 Å². The van der Waals surface area contributed by atoms with E-state index in [-0.39, 0.29) is 30.3 Å². The lowest BCUT2D eigenvalue weighted by atomic mass is 9.59. The number of aliphatic carboxylic acids is 1. The molecule has 7 heteroatoms. The molecule has 2 amide bonds. The van der Waals surface area contributed by atoms with Crippen molar-refractivity contribution in [1.82, 2.24) is 16.0 Å². The Morgan fingerprint density at radius 1 is 1.13 bits per heavy atom. The SMILES string of the molecule is O=C(O)CNC(=O)[C@@H]1CC2CCC1(NC(=O)[C@@H]1CCCN1)CC2. The fraction of sp³-hybridized carbons (Fsp3) is 0.812. The third-order valence-corrected chi connectivity index (χ3v) is 5.71. The molecular formula is C16H25N3O4. The molecule has 2 atom stereocenters. The summed E-state index contributed by atoms with van der Waals surface area (Å²) in [4.78, 5) is 35.7. The lowest BCUT2D eigenvalue weighted by molar-refractivity contribution is -0.142. The zero-order valence-electron chi connectivity index (χ0n) is 13.3. The number of carbonyl (C=O) groups is 3. The van der Waals surface area contributed by atoms with Gasteiger partial charge in [-0.15, -0.1) is 0 Å². The Bertz CT molecular complexity index is 494. The molecule has 0 aromatic heterocycles. The van der Waals surface area contributed by atoms with Crippen LogP contribution in [0.2, 0.25) is 0 Å². The minimum absolute atomic E-state index is 0.0149. The highest BCUT2D eigenvalue weighted by molar-refractivity contribution is 5.87. The van der Waals surface area contributed by atoms with Gasteiger partial charge in [-0.2, -0.15) is 0 Å². The molecule has 3 saturated carbocycles. The Balaban J connectivity index is 1.70. The number of carboxylic acid groups (broad SMARTS) is 1. The number of rotatable bonds is 5. The summed E-state index contributed by atoms with van der Waals surface area (Å²) >= 11 is 0. The van der Waals surface area contributed by atoms with Gasteiger partial charge in [0, 0.05) is 0 Å². The highest BCUT2D eigenvalue weighted by Gasteiger charge is 2.52. The number of nitrogens with one attached hydrogen (secondary N) is 3. The first-order valence-corrected chi connectivity index (χ1v) is 8.55. The minimum Gasteiger partial charge on any atom is -0.480 e. The second-order valence-electron chi connectivity index (χ2n) is 7.14. The van der Waals surface area contributed by atoms with Crippen molar-refractivity contribution in [2.75, 3.05) is 13.1 Å². The molecule has 4 rings (SSSR count). The van der Waals surface area contributed by atoms with Gasteiger partial charge in [0.1, 0.15) is 6.54 Å². The summed E-state index contributed by atoms with van der Waals surface area (Å²) in [6, 6.07) is -0.160. The topological polar surface area (TPSA) is 108 Å². The van der Waals surface area contributed by atoms with Gasteiger partial charge >= 0.3 is 5.97 Å². The normalized spacial score (nSPS) is 35.7. The van der Waals surface area contributed by atoms with Gasteiger partial charge in [0.25, 0.3) is 0 Å². The van der Waals surface area contributed by atoms with E-state index in [9.17, 15) is 14.4 Å². The lowest BCUT2D eigenvalue weighted by Crippen LogP contribution is -2.64. The van der Waals surface area contributed by atoms with Crippen molar-refractivity contribution < 1.29 is 19.5 Å². The lowest BCUT2D eigenvalue weighted by Gasteiger charge is -2.51. The second-order valence-corrected chi connectivity index (χ2v) is 7.14. The van der Waals surface area contributed by atoms with Gasteiger partial charge in [-0.3, -0.25) is 14.4 Å². The van der Waals surface area contributed by atoms with Gasteiger partial charge in [-0.05, 0) is 57.4 Å². The standard InChI is InChI=1S/C16H25N3O4/c20-13(21)9-18-14(22)11-8-10-3-5-16(11,6-4-10)19-15(23)12-2-1-7-17-12/h10-12,17H,1-9H2,(H,18,22)(H,19,23)(H,20,21)/t10?,11-,12-,16?/m0/s1. The quantitative estimate of drug-likeness (QED) is 0.570. The van der Waals surface area contributed by atoms with Crippen LogP contribution in [0.5, 0.6) is 0 Å². The summed E-state index contributed by atoms with van der Waals surface area (Å²) in [5.41, 5.74) is -0.501. The Morgan fingerprint density at radius 3 is 2.48 bits per heavy atom. The summed E-state index contributed by atoms with van der Waals surface area (Å²) < 4.78 is 0. The summed E-state index contributed by atoms with van der Waals surface area (Å²) in [5, 5.41) is 17.6. The molecule has 4 aliphatic rings. The van der Waals surface area contributed by atoms with E-state index in [1.54, 1.807) is 0 Å². The Labute approximate surface area is 135 Å². The van der Waals surface area contributed by atoms with Gasteiger partial charge in [-0.1, -0.05) is 0 Å². The molecule has 0 radical (unpaired) electrons. The van der Waals surface area contributed by atoms with Crippen LogP contribution in [0.1, 0.15) is 44.9 Å². The van der Waals surface area contributed by atoms with Crippen molar-refractivity contribution in [3.63, 3.8) is 0 Å². The fourth-order valence-corrected chi connectivity index (χ4v) is 4.43. The molecule has 0 aromatic carbocycles. The van der Waals surface area contributed by atoms with Gasteiger partial charge in [0.15, 0.2) is 0 Å². The van der Waals surface area contributed by atoms with E-state index in [1.165, 1.54) is 0 Å². The second kappa shape index (κ2) is 6.47. The Morgan fingerprint density at radius 2 is 1.87 bits per heavy atom. The number of hydrogen-bond acceptors (Lipinski definition) is 4. The molecule has 1 aliphatic heterocycles. The molecule has 7 nitrogen and oxygen atoms in total. The van der Waals surface area contributed by atoms with Crippen molar-refractivity contribution in [3.8, 4) is 0 Å². The molecule has 2 bridgehead atoms. The van der Waals surface area contributed by atoms with E-state index < -0.39 is 11.5 Å². The average Bonchev–Trinajstić information content (AvgIpc) is 3.08. The smallest absolute Gasteiger partial charge is 0.322 e. The molecule has 23 heavy (non-hydrogen) atoms. The van der Waals surface area contributed by atoms with Crippen LogP contribution < -0.4 is 16.0 Å². The van der Waals surface area contributed by atoms with Crippen LogP contribution in [0, 0.1) is 11.8 Å². The van der Waals surface area contributed by atoms with Gasteiger partial charge in [0.05, 0.1) is 17.5 Å². The molecule has 3 aliphatic carbocycles.